The minimum Gasteiger partial charge on any atom is -0.314 e. The van der Waals surface area contributed by atoms with E-state index in [2.05, 4.69) is 15.6 Å². The van der Waals surface area contributed by atoms with Crippen LogP contribution in [-0.4, -0.2) is 24.1 Å². The Balaban J connectivity index is 1.74. The lowest BCUT2D eigenvalue weighted by Gasteiger charge is -2.27. The maximum atomic E-state index is 4.18. The van der Waals surface area contributed by atoms with Gasteiger partial charge in [-0.25, -0.2) is 4.98 Å². The zero-order chi connectivity index (χ0) is 7.52. The average molecular weight is 169 g/mol. The first-order valence-electron chi connectivity index (χ1n) is 3.77. The van der Waals surface area contributed by atoms with Crippen molar-refractivity contribution in [2.24, 2.45) is 0 Å². The van der Waals surface area contributed by atoms with Gasteiger partial charge in [-0.3, -0.25) is 0 Å². The van der Waals surface area contributed by atoms with E-state index < -0.39 is 0 Å². The van der Waals surface area contributed by atoms with Gasteiger partial charge in [-0.1, -0.05) is 0 Å². The highest BCUT2D eigenvalue weighted by Gasteiger charge is 2.15. The van der Waals surface area contributed by atoms with Crippen molar-refractivity contribution in [2.75, 3.05) is 13.1 Å². The van der Waals surface area contributed by atoms with Crippen molar-refractivity contribution in [1.82, 2.24) is 15.6 Å². The molecule has 0 bridgehead atoms. The molecule has 0 aliphatic carbocycles. The van der Waals surface area contributed by atoms with Gasteiger partial charge in [0.25, 0.3) is 0 Å². The van der Waals surface area contributed by atoms with Gasteiger partial charge in [0.15, 0.2) is 0 Å². The molecule has 60 valence electrons. The van der Waals surface area contributed by atoms with E-state index in [1.165, 1.54) is 5.01 Å². The molecule has 1 aromatic rings. The van der Waals surface area contributed by atoms with E-state index in [-0.39, 0.29) is 0 Å². The van der Waals surface area contributed by atoms with Gasteiger partial charge >= 0.3 is 0 Å². The van der Waals surface area contributed by atoms with Gasteiger partial charge in [0, 0.05) is 37.3 Å². The maximum absolute atomic E-state index is 4.18. The molecule has 0 saturated carbocycles. The predicted octanol–water partition coefficient (Wildman–Crippen LogP) is 0.204. The largest absolute Gasteiger partial charge is 0.314 e. The van der Waals surface area contributed by atoms with Crippen LogP contribution in [-0.2, 0) is 6.54 Å². The van der Waals surface area contributed by atoms with E-state index in [9.17, 15) is 0 Å². The summed E-state index contributed by atoms with van der Waals surface area (Å²) in [7, 11) is 0. The number of rotatable bonds is 3. The molecular weight excluding hydrogens is 158 g/mol. The molecule has 2 heterocycles. The maximum Gasteiger partial charge on any atom is 0.106 e. The normalized spacial score (nSPS) is 18.2. The summed E-state index contributed by atoms with van der Waals surface area (Å²) in [6.07, 6.45) is 1.85. The molecule has 1 fully saturated rings. The average Bonchev–Trinajstić information content (AvgIpc) is 2.36. The molecule has 0 radical (unpaired) electrons. The van der Waals surface area contributed by atoms with Gasteiger partial charge in [-0.05, 0) is 0 Å². The fourth-order valence-electron chi connectivity index (χ4n) is 1.00. The summed E-state index contributed by atoms with van der Waals surface area (Å²) < 4.78 is 0. The van der Waals surface area contributed by atoms with Gasteiger partial charge in [0.1, 0.15) is 5.01 Å². The molecule has 11 heavy (non-hydrogen) atoms. The van der Waals surface area contributed by atoms with Gasteiger partial charge in [-0.2, -0.15) is 0 Å². The predicted molar refractivity (Wildman–Crippen MR) is 45.6 cm³/mol. The van der Waals surface area contributed by atoms with Crippen LogP contribution in [0.4, 0.5) is 0 Å². The Labute approximate surface area is 69.8 Å². The van der Waals surface area contributed by atoms with Crippen LogP contribution in [0.3, 0.4) is 0 Å². The van der Waals surface area contributed by atoms with Gasteiger partial charge in [-0.15, -0.1) is 11.3 Å². The molecule has 4 heteroatoms. The van der Waals surface area contributed by atoms with Crippen LogP contribution in [0.2, 0.25) is 0 Å². The highest BCUT2D eigenvalue weighted by molar-refractivity contribution is 7.09. The smallest absolute Gasteiger partial charge is 0.106 e. The van der Waals surface area contributed by atoms with Gasteiger partial charge in [0.2, 0.25) is 0 Å². The molecule has 1 aromatic heterocycles. The minimum absolute atomic E-state index is 0.666. The van der Waals surface area contributed by atoms with E-state index in [0.717, 1.165) is 19.6 Å². The molecule has 0 aromatic carbocycles. The van der Waals surface area contributed by atoms with E-state index in [4.69, 9.17) is 0 Å². The van der Waals surface area contributed by atoms with E-state index in [1.807, 2.05) is 11.6 Å². The molecule has 1 aliphatic heterocycles. The Hall–Kier alpha value is -0.450. The number of hydrogen-bond acceptors (Lipinski definition) is 4. The number of thiazole rings is 1. The molecule has 2 N–H and O–H groups in total. The second-order valence-corrected chi connectivity index (χ2v) is 3.64. The molecular formula is C7H11N3S. The van der Waals surface area contributed by atoms with Crippen LogP contribution >= 0.6 is 11.3 Å². The second-order valence-electron chi connectivity index (χ2n) is 2.66. The number of aromatic nitrogens is 1. The Morgan fingerprint density at radius 3 is 3.18 bits per heavy atom. The summed E-state index contributed by atoms with van der Waals surface area (Å²) in [5, 5.41) is 9.81. The van der Waals surface area contributed by atoms with Crippen LogP contribution in [0.15, 0.2) is 11.6 Å². The third kappa shape index (κ3) is 1.77. The Morgan fingerprint density at radius 1 is 1.73 bits per heavy atom. The van der Waals surface area contributed by atoms with Crippen LogP contribution in [0.1, 0.15) is 5.01 Å². The lowest BCUT2D eigenvalue weighted by Crippen LogP contribution is -2.54. The highest BCUT2D eigenvalue weighted by Crippen LogP contribution is 2.03. The monoisotopic (exact) mass is 169 g/mol. The quantitative estimate of drug-likeness (QED) is 0.679. The zero-order valence-electron chi connectivity index (χ0n) is 6.21. The highest BCUT2D eigenvalue weighted by atomic mass is 32.1. The molecule has 1 saturated heterocycles. The number of nitrogens with one attached hydrogen (secondary N) is 2. The first kappa shape index (κ1) is 7.21. The van der Waals surface area contributed by atoms with Gasteiger partial charge < -0.3 is 10.6 Å². The Bertz CT molecular complexity index is 205. The summed E-state index contributed by atoms with van der Waals surface area (Å²) >= 11 is 1.71. The molecule has 0 atom stereocenters. The molecule has 3 nitrogen and oxygen atoms in total. The molecule has 0 spiro atoms. The van der Waals surface area contributed by atoms with Crippen molar-refractivity contribution < 1.29 is 0 Å². The minimum atomic E-state index is 0.666. The van der Waals surface area contributed by atoms with Crippen molar-refractivity contribution in [3.63, 3.8) is 0 Å². The summed E-state index contributed by atoms with van der Waals surface area (Å²) in [6.45, 7) is 3.13. The summed E-state index contributed by atoms with van der Waals surface area (Å²) in [6, 6.07) is 0.666. The van der Waals surface area contributed by atoms with E-state index >= 15 is 0 Å². The van der Waals surface area contributed by atoms with Crippen LogP contribution in [0, 0.1) is 0 Å². The van der Waals surface area contributed by atoms with Crippen molar-refractivity contribution in [2.45, 2.75) is 12.6 Å². The molecule has 1 aliphatic rings. The lowest BCUT2D eigenvalue weighted by atomic mass is 10.2. The Morgan fingerprint density at radius 2 is 2.64 bits per heavy atom. The number of nitrogens with zero attached hydrogens (tertiary/aromatic N) is 1. The topological polar surface area (TPSA) is 37.0 Å². The van der Waals surface area contributed by atoms with Crippen LogP contribution in [0.5, 0.6) is 0 Å². The SMILES string of the molecule is c1csc(CNC2CNC2)n1. The first-order valence-corrected chi connectivity index (χ1v) is 4.65. The fraction of sp³-hybridized carbons (Fsp3) is 0.571. The third-order valence-electron chi connectivity index (χ3n) is 1.81. The standard InChI is InChI=1S/C7H11N3S/c1-2-11-7(9-1)5-10-6-3-8-4-6/h1-2,6,8,10H,3-5H2. The Kier molecular flexibility index (Phi) is 2.16. The summed E-state index contributed by atoms with van der Waals surface area (Å²) in [5.74, 6) is 0. The van der Waals surface area contributed by atoms with Crippen molar-refractivity contribution in [3.05, 3.63) is 16.6 Å². The van der Waals surface area contributed by atoms with Crippen LogP contribution < -0.4 is 10.6 Å². The lowest BCUT2D eigenvalue weighted by molar-refractivity contribution is 0.365. The van der Waals surface area contributed by atoms with E-state index in [0.29, 0.717) is 6.04 Å². The van der Waals surface area contributed by atoms with Gasteiger partial charge in [0.05, 0.1) is 0 Å². The number of hydrogen-bond donors (Lipinski definition) is 2. The fourth-order valence-corrected chi connectivity index (χ4v) is 1.57. The summed E-state index contributed by atoms with van der Waals surface area (Å²) in [5.41, 5.74) is 0. The van der Waals surface area contributed by atoms with Crippen molar-refractivity contribution in [3.8, 4) is 0 Å². The molecule has 0 amide bonds. The van der Waals surface area contributed by atoms with E-state index in [1.54, 1.807) is 11.3 Å². The third-order valence-corrected chi connectivity index (χ3v) is 2.59. The molecule has 0 unspecified atom stereocenters. The second kappa shape index (κ2) is 3.30. The first-order chi connectivity index (χ1) is 5.45. The van der Waals surface area contributed by atoms with Crippen molar-refractivity contribution in [1.29, 1.82) is 0 Å². The zero-order valence-corrected chi connectivity index (χ0v) is 7.03. The van der Waals surface area contributed by atoms with Crippen molar-refractivity contribution >= 4 is 11.3 Å². The van der Waals surface area contributed by atoms with Crippen LogP contribution in [0.25, 0.3) is 0 Å². The summed E-state index contributed by atoms with van der Waals surface area (Å²) in [4.78, 5) is 4.18. The molecule has 2 rings (SSSR count).